The fourth-order valence-corrected chi connectivity index (χ4v) is 4.25. The minimum absolute atomic E-state index is 0.129. The smallest absolute Gasteiger partial charge is 0.335 e. The van der Waals surface area contributed by atoms with Crippen molar-refractivity contribution in [1.29, 1.82) is 5.41 Å². The first kappa shape index (κ1) is 28.8. The quantitative estimate of drug-likeness (QED) is 0.248. The van der Waals surface area contributed by atoms with Crippen LogP contribution in [0.3, 0.4) is 0 Å². The lowest BCUT2D eigenvalue weighted by atomic mass is 10.1. The number of benzene rings is 1. The molecule has 1 aromatic carbocycles. The maximum absolute atomic E-state index is 13.5. The van der Waals surface area contributed by atoms with Gasteiger partial charge in [-0.25, -0.2) is 23.7 Å². The summed E-state index contributed by atoms with van der Waals surface area (Å²) in [5.74, 6) is -0.417. The van der Waals surface area contributed by atoms with Gasteiger partial charge in [0.05, 0.1) is 29.6 Å². The number of rotatable bonds is 9. The van der Waals surface area contributed by atoms with Crippen molar-refractivity contribution in [1.82, 2.24) is 28.7 Å². The lowest BCUT2D eigenvalue weighted by Gasteiger charge is -2.15. The number of nitrogens with one attached hydrogen (secondary N) is 2. The molecule has 4 heterocycles. The van der Waals surface area contributed by atoms with Crippen LogP contribution >= 0.6 is 0 Å². The summed E-state index contributed by atoms with van der Waals surface area (Å²) in [6.07, 6.45) is 9.26. The zero-order valence-electron chi connectivity index (χ0n) is 23.5. The number of anilines is 1. The van der Waals surface area contributed by atoms with Crippen LogP contribution in [0.15, 0.2) is 83.2 Å². The van der Waals surface area contributed by atoms with Gasteiger partial charge in [0.25, 0.3) is 11.5 Å². The molecule has 2 N–H and O–H groups in total. The molecule has 0 saturated carbocycles. The third-order valence-electron chi connectivity index (χ3n) is 6.43. The van der Waals surface area contributed by atoms with E-state index in [1.54, 1.807) is 38.5 Å². The maximum Gasteiger partial charge on any atom is 0.335 e. The summed E-state index contributed by atoms with van der Waals surface area (Å²) in [6.45, 7) is 3.47. The van der Waals surface area contributed by atoms with E-state index >= 15 is 0 Å². The van der Waals surface area contributed by atoms with Crippen LogP contribution < -0.4 is 21.3 Å². The first-order valence-corrected chi connectivity index (χ1v) is 13.2. The second-order valence-electron chi connectivity index (χ2n) is 9.88. The van der Waals surface area contributed by atoms with E-state index in [-0.39, 0.29) is 29.5 Å². The van der Waals surface area contributed by atoms with Crippen molar-refractivity contribution in [3.05, 3.63) is 111 Å². The Morgan fingerprint density at radius 1 is 1.07 bits per heavy atom. The number of carbonyl (C=O) groups is 1. The van der Waals surface area contributed by atoms with Crippen LogP contribution in [0.25, 0.3) is 16.9 Å². The summed E-state index contributed by atoms with van der Waals surface area (Å²) in [6, 6.07) is 9.32. The number of hydrogen-bond donors (Lipinski definition) is 2. The molecule has 5 rings (SSSR count). The fourth-order valence-electron chi connectivity index (χ4n) is 4.25. The van der Waals surface area contributed by atoms with E-state index in [0.29, 0.717) is 22.9 Å². The number of halogens is 1. The molecule has 0 saturated heterocycles. The highest BCUT2D eigenvalue weighted by Crippen LogP contribution is 2.29. The van der Waals surface area contributed by atoms with Crippen molar-refractivity contribution in [3.63, 3.8) is 0 Å². The molecular weight excluding hydrogens is 555 g/mol. The molecular formula is C30H27FN8O4. The van der Waals surface area contributed by atoms with Crippen LogP contribution in [0.5, 0.6) is 11.5 Å². The highest BCUT2D eigenvalue weighted by molar-refractivity contribution is 6.03. The molecule has 0 aliphatic heterocycles. The third kappa shape index (κ3) is 6.15. The van der Waals surface area contributed by atoms with E-state index in [9.17, 15) is 18.8 Å². The number of imidazole rings is 1. The highest BCUT2D eigenvalue weighted by Gasteiger charge is 2.20. The molecule has 0 aliphatic carbocycles. The predicted octanol–water partition coefficient (Wildman–Crippen LogP) is 4.15. The normalized spacial score (nSPS) is 11.0. The van der Waals surface area contributed by atoms with Gasteiger partial charge in [-0.3, -0.25) is 19.1 Å². The van der Waals surface area contributed by atoms with Gasteiger partial charge in [0.1, 0.15) is 28.7 Å². The van der Waals surface area contributed by atoms with E-state index in [2.05, 4.69) is 20.3 Å². The number of nitrogens with zero attached hydrogens (tertiary/aromatic N) is 6. The third-order valence-corrected chi connectivity index (χ3v) is 6.43. The molecule has 0 atom stereocenters. The second kappa shape index (κ2) is 12.0. The van der Waals surface area contributed by atoms with Crippen molar-refractivity contribution < 1.29 is 13.9 Å². The summed E-state index contributed by atoms with van der Waals surface area (Å²) < 4.78 is 23.4. The molecule has 13 heteroatoms. The highest BCUT2D eigenvalue weighted by atomic mass is 19.1. The van der Waals surface area contributed by atoms with Gasteiger partial charge < -0.3 is 20.0 Å². The SMILES string of the molecule is CC(C)n1cc(C(=O)Nc2ccc(Oc3cc(-c4cn(C)cn4)cnc3CC=N)cn2)c(=O)n(-c2ccc(F)cc2)c1=O. The average molecular weight is 583 g/mol. The lowest BCUT2D eigenvalue weighted by Crippen LogP contribution is -2.42. The standard InChI is InChI=1S/C30H27FN8O4/c1-18(2)38-15-23(29(41)39(30(38)42)21-6-4-20(31)5-7-21)28(40)36-27-9-8-22(14-34-27)43-26-12-19(13-33-24(26)10-11-32)25-16-37(3)17-35-25/h4-9,11-18,32H,10H2,1-3H3,(H,34,36,40). The van der Waals surface area contributed by atoms with Crippen LogP contribution in [0.4, 0.5) is 10.2 Å². The van der Waals surface area contributed by atoms with Gasteiger partial charge in [-0.15, -0.1) is 0 Å². The summed E-state index contributed by atoms with van der Waals surface area (Å²) in [7, 11) is 1.86. The zero-order valence-corrected chi connectivity index (χ0v) is 23.5. The first-order chi connectivity index (χ1) is 20.6. The van der Waals surface area contributed by atoms with Gasteiger partial charge in [0, 0.05) is 49.9 Å². The number of hydrogen-bond acceptors (Lipinski definition) is 8. The van der Waals surface area contributed by atoms with Gasteiger partial charge in [0.15, 0.2) is 0 Å². The van der Waals surface area contributed by atoms with Crippen molar-refractivity contribution in [2.45, 2.75) is 26.3 Å². The molecule has 5 aromatic rings. The number of pyridine rings is 2. The molecule has 0 aliphatic rings. The molecule has 0 fully saturated rings. The average Bonchev–Trinajstić information content (AvgIpc) is 3.42. The fraction of sp³-hybridized carbons (Fsp3) is 0.167. The van der Waals surface area contributed by atoms with E-state index in [0.717, 1.165) is 22.3 Å². The van der Waals surface area contributed by atoms with Crippen LogP contribution in [-0.2, 0) is 13.5 Å². The Labute approximate surface area is 244 Å². The Hall–Kier alpha value is -5.72. The predicted molar refractivity (Wildman–Crippen MR) is 158 cm³/mol. The summed E-state index contributed by atoms with van der Waals surface area (Å²) in [4.78, 5) is 52.6. The van der Waals surface area contributed by atoms with Crippen LogP contribution in [0.2, 0.25) is 0 Å². The number of ether oxygens (including phenoxy) is 1. The van der Waals surface area contributed by atoms with Crippen molar-refractivity contribution in [2.75, 3.05) is 5.32 Å². The van der Waals surface area contributed by atoms with Gasteiger partial charge >= 0.3 is 5.69 Å². The van der Waals surface area contributed by atoms with Gasteiger partial charge in [-0.05, 0) is 56.3 Å². The van der Waals surface area contributed by atoms with Crippen LogP contribution in [0, 0.1) is 11.2 Å². The summed E-state index contributed by atoms with van der Waals surface area (Å²) >= 11 is 0. The number of aryl methyl sites for hydroxylation is 1. The van der Waals surface area contributed by atoms with Crippen LogP contribution in [0.1, 0.15) is 35.9 Å². The van der Waals surface area contributed by atoms with E-state index in [1.807, 2.05) is 17.8 Å². The zero-order chi connectivity index (χ0) is 30.7. The Balaban J connectivity index is 1.41. The maximum atomic E-state index is 13.5. The molecule has 1 amide bonds. The first-order valence-electron chi connectivity index (χ1n) is 13.2. The number of amides is 1. The number of aromatic nitrogens is 6. The van der Waals surface area contributed by atoms with Crippen molar-refractivity contribution in [2.24, 2.45) is 7.05 Å². The van der Waals surface area contributed by atoms with Crippen molar-refractivity contribution in [3.8, 4) is 28.4 Å². The largest absolute Gasteiger partial charge is 0.454 e. The Bertz CT molecular complexity index is 1930. The molecule has 12 nitrogen and oxygen atoms in total. The molecule has 0 spiro atoms. The molecule has 0 radical (unpaired) electrons. The lowest BCUT2D eigenvalue weighted by molar-refractivity contribution is 0.102. The Kier molecular flexibility index (Phi) is 8.05. The van der Waals surface area contributed by atoms with E-state index in [4.69, 9.17) is 10.1 Å². The summed E-state index contributed by atoms with van der Waals surface area (Å²) in [5, 5.41) is 10.1. The minimum Gasteiger partial charge on any atom is -0.454 e. The second-order valence-corrected chi connectivity index (χ2v) is 9.88. The summed E-state index contributed by atoms with van der Waals surface area (Å²) in [5.41, 5.74) is 0.300. The Morgan fingerprint density at radius 3 is 2.47 bits per heavy atom. The Morgan fingerprint density at radius 2 is 1.84 bits per heavy atom. The van der Waals surface area contributed by atoms with Gasteiger partial charge in [-0.2, -0.15) is 0 Å². The molecule has 0 bridgehead atoms. The molecule has 218 valence electrons. The van der Waals surface area contributed by atoms with Gasteiger partial charge in [0.2, 0.25) is 0 Å². The topological polar surface area (TPSA) is 150 Å². The molecule has 0 unspecified atom stereocenters. The van der Waals surface area contributed by atoms with Gasteiger partial charge in [-0.1, -0.05) is 0 Å². The van der Waals surface area contributed by atoms with Crippen molar-refractivity contribution >= 4 is 17.9 Å². The number of carbonyl (C=O) groups excluding carboxylic acids is 1. The molecule has 4 aromatic heterocycles. The molecule has 43 heavy (non-hydrogen) atoms. The minimum atomic E-state index is -0.857. The monoisotopic (exact) mass is 582 g/mol. The van der Waals surface area contributed by atoms with Crippen LogP contribution in [-0.4, -0.2) is 40.8 Å². The van der Waals surface area contributed by atoms with E-state index < -0.39 is 23.0 Å². The van der Waals surface area contributed by atoms with E-state index in [1.165, 1.54) is 41.4 Å².